The van der Waals surface area contributed by atoms with E-state index in [1.807, 2.05) is 18.2 Å². The summed E-state index contributed by atoms with van der Waals surface area (Å²) in [5.74, 6) is 0.566. The third-order valence-corrected chi connectivity index (χ3v) is 5.61. The molecule has 0 amide bonds. The minimum Gasteiger partial charge on any atom is -0.606 e. The van der Waals surface area contributed by atoms with Crippen molar-refractivity contribution in [3.05, 3.63) is 59.2 Å². The van der Waals surface area contributed by atoms with Crippen LogP contribution < -0.4 is 0 Å². The smallest absolute Gasteiger partial charge is 0.161 e. The van der Waals surface area contributed by atoms with Crippen molar-refractivity contribution in [2.24, 2.45) is 0 Å². The molecular weight excluding hydrogens is 252 g/mol. The lowest BCUT2D eigenvalue weighted by Gasteiger charge is -2.22. The molecule has 1 aliphatic heterocycles. The molecule has 2 unspecified atom stereocenters. The highest BCUT2D eigenvalue weighted by Crippen LogP contribution is 2.35. The Balaban J connectivity index is 2.05. The van der Waals surface area contributed by atoms with Crippen LogP contribution in [0.2, 0.25) is 0 Å². The summed E-state index contributed by atoms with van der Waals surface area (Å²) in [6.07, 6.45) is 2.04. The highest BCUT2D eigenvalue weighted by molar-refractivity contribution is 7.91. The fourth-order valence-corrected chi connectivity index (χ4v) is 3.99. The zero-order valence-electron chi connectivity index (χ0n) is 11.3. The van der Waals surface area contributed by atoms with Gasteiger partial charge in [0.15, 0.2) is 9.79 Å². The molecule has 0 bridgehead atoms. The summed E-state index contributed by atoms with van der Waals surface area (Å²) < 4.78 is 12.6. The van der Waals surface area contributed by atoms with E-state index in [-0.39, 0.29) is 0 Å². The summed E-state index contributed by atoms with van der Waals surface area (Å²) >= 11 is -1.01. The van der Waals surface area contributed by atoms with Crippen LogP contribution in [0.25, 0.3) is 0 Å². The molecule has 1 heterocycles. The quantitative estimate of drug-likeness (QED) is 0.747. The van der Waals surface area contributed by atoms with Crippen molar-refractivity contribution in [1.29, 1.82) is 0 Å². The van der Waals surface area contributed by atoms with E-state index in [0.29, 0.717) is 5.92 Å². The second-order valence-corrected chi connectivity index (χ2v) is 6.65. The second-order valence-electron chi connectivity index (χ2n) is 5.23. The van der Waals surface area contributed by atoms with Crippen molar-refractivity contribution in [2.45, 2.75) is 42.4 Å². The van der Waals surface area contributed by atoms with Gasteiger partial charge in [-0.25, -0.2) is 0 Å². The lowest BCUT2D eigenvalue weighted by Crippen LogP contribution is -2.15. The first-order valence-electron chi connectivity index (χ1n) is 6.83. The van der Waals surface area contributed by atoms with E-state index in [9.17, 15) is 4.55 Å². The van der Waals surface area contributed by atoms with Gasteiger partial charge in [0.05, 0.1) is 0 Å². The van der Waals surface area contributed by atoms with E-state index in [0.717, 1.165) is 22.6 Å². The number of fused-ring (bicyclic) bond motifs is 2. The van der Waals surface area contributed by atoms with Crippen LogP contribution in [0.5, 0.6) is 0 Å². The highest BCUT2D eigenvalue weighted by atomic mass is 32.2. The Labute approximate surface area is 117 Å². The first kappa shape index (κ1) is 12.8. The molecule has 2 heteroatoms. The van der Waals surface area contributed by atoms with Crippen LogP contribution in [0.3, 0.4) is 0 Å². The monoisotopic (exact) mass is 270 g/mol. The summed E-state index contributed by atoms with van der Waals surface area (Å²) in [4.78, 5) is 1.97. The molecule has 0 N–H and O–H groups in total. The molecule has 0 spiro atoms. The van der Waals surface area contributed by atoms with Crippen molar-refractivity contribution in [3.8, 4) is 0 Å². The highest BCUT2D eigenvalue weighted by Gasteiger charge is 2.28. The molecule has 2 aromatic rings. The normalized spacial score (nSPS) is 18.6. The van der Waals surface area contributed by atoms with Gasteiger partial charge < -0.3 is 4.55 Å². The first-order chi connectivity index (χ1) is 9.20. The van der Waals surface area contributed by atoms with Crippen molar-refractivity contribution in [2.75, 3.05) is 0 Å². The molecule has 0 saturated heterocycles. The van der Waals surface area contributed by atoms with Crippen LogP contribution in [0, 0.1) is 0 Å². The molecule has 1 aliphatic rings. The van der Waals surface area contributed by atoms with Gasteiger partial charge in [-0.2, -0.15) is 0 Å². The van der Waals surface area contributed by atoms with Gasteiger partial charge in [-0.3, -0.25) is 0 Å². The average Bonchev–Trinajstić information content (AvgIpc) is 2.46. The Bertz CT molecular complexity index is 606. The molecule has 3 rings (SSSR count). The molecule has 0 saturated carbocycles. The van der Waals surface area contributed by atoms with E-state index in [4.69, 9.17) is 0 Å². The number of rotatable bonds is 2. The SMILES string of the molecule is CCC(C)c1ccc2c(c1)Cc1ccccc1[S+]2[O-]. The standard InChI is InChI=1S/C17H18OS/c1-3-12(2)13-8-9-17-15(10-13)11-14-6-4-5-7-16(14)19(17)18/h4-10,12H,3,11H2,1-2H3. The lowest BCUT2D eigenvalue weighted by atomic mass is 9.94. The van der Waals surface area contributed by atoms with E-state index < -0.39 is 11.2 Å². The zero-order chi connectivity index (χ0) is 13.4. The molecule has 0 fully saturated rings. The average molecular weight is 270 g/mol. The van der Waals surface area contributed by atoms with Crippen LogP contribution in [0.15, 0.2) is 52.3 Å². The molecular formula is C17H18OS. The predicted octanol–water partition coefficient (Wildman–Crippen LogP) is 4.27. The Kier molecular flexibility index (Phi) is 3.38. The van der Waals surface area contributed by atoms with Crippen molar-refractivity contribution in [1.82, 2.24) is 0 Å². The van der Waals surface area contributed by atoms with Crippen LogP contribution in [-0.4, -0.2) is 4.55 Å². The second kappa shape index (κ2) is 5.03. The summed E-state index contributed by atoms with van der Waals surface area (Å²) in [5, 5.41) is 0. The molecule has 19 heavy (non-hydrogen) atoms. The molecule has 0 aromatic heterocycles. The van der Waals surface area contributed by atoms with Crippen molar-refractivity contribution in [3.63, 3.8) is 0 Å². The van der Waals surface area contributed by atoms with Crippen LogP contribution >= 0.6 is 0 Å². The maximum atomic E-state index is 12.6. The van der Waals surface area contributed by atoms with Crippen molar-refractivity contribution < 1.29 is 4.55 Å². The third kappa shape index (κ3) is 2.19. The number of hydrogen-bond donors (Lipinski definition) is 0. The molecule has 1 nitrogen and oxygen atoms in total. The van der Waals surface area contributed by atoms with Crippen LogP contribution in [-0.2, 0) is 17.6 Å². The largest absolute Gasteiger partial charge is 0.606 e. The minimum atomic E-state index is -1.01. The van der Waals surface area contributed by atoms with E-state index in [2.05, 4.69) is 38.1 Å². The van der Waals surface area contributed by atoms with Gasteiger partial charge in [0.2, 0.25) is 0 Å². The number of hydrogen-bond acceptors (Lipinski definition) is 1. The molecule has 98 valence electrons. The summed E-state index contributed by atoms with van der Waals surface area (Å²) in [6.45, 7) is 4.45. The maximum absolute atomic E-state index is 12.6. The molecule has 2 aromatic carbocycles. The third-order valence-electron chi connectivity index (χ3n) is 4.02. The topological polar surface area (TPSA) is 23.1 Å². The van der Waals surface area contributed by atoms with Gasteiger partial charge in [0.25, 0.3) is 0 Å². The fourth-order valence-electron chi connectivity index (χ4n) is 2.61. The minimum absolute atomic E-state index is 0.566. The maximum Gasteiger partial charge on any atom is 0.161 e. The Morgan fingerprint density at radius 1 is 1.11 bits per heavy atom. The van der Waals surface area contributed by atoms with E-state index in [1.165, 1.54) is 16.7 Å². The molecule has 0 aliphatic carbocycles. The van der Waals surface area contributed by atoms with Gasteiger partial charge in [-0.15, -0.1) is 0 Å². The Morgan fingerprint density at radius 3 is 2.63 bits per heavy atom. The summed E-state index contributed by atoms with van der Waals surface area (Å²) in [7, 11) is 0. The van der Waals surface area contributed by atoms with Crippen LogP contribution in [0.4, 0.5) is 0 Å². The molecule has 2 atom stereocenters. The van der Waals surface area contributed by atoms with E-state index >= 15 is 0 Å². The van der Waals surface area contributed by atoms with Crippen molar-refractivity contribution >= 4 is 11.2 Å². The van der Waals surface area contributed by atoms with Gasteiger partial charge >= 0.3 is 0 Å². The van der Waals surface area contributed by atoms with Gasteiger partial charge in [0.1, 0.15) is 0 Å². The fraction of sp³-hybridized carbons (Fsp3) is 0.294. The van der Waals surface area contributed by atoms with Crippen LogP contribution in [0.1, 0.15) is 42.9 Å². The lowest BCUT2D eigenvalue weighted by molar-refractivity contribution is 0.590. The van der Waals surface area contributed by atoms with Gasteiger partial charge in [0, 0.05) is 28.7 Å². The first-order valence-corrected chi connectivity index (χ1v) is 7.98. The zero-order valence-corrected chi connectivity index (χ0v) is 12.2. The van der Waals surface area contributed by atoms with Gasteiger partial charge in [-0.05, 0) is 30.0 Å². The predicted molar refractivity (Wildman–Crippen MR) is 79.1 cm³/mol. The summed E-state index contributed by atoms with van der Waals surface area (Å²) in [6, 6.07) is 14.5. The molecule has 0 radical (unpaired) electrons. The Morgan fingerprint density at radius 2 is 1.84 bits per heavy atom. The van der Waals surface area contributed by atoms with E-state index in [1.54, 1.807) is 0 Å². The summed E-state index contributed by atoms with van der Waals surface area (Å²) in [5.41, 5.74) is 3.79. The Hall–Kier alpha value is -1.25. The number of benzene rings is 2. The van der Waals surface area contributed by atoms with Gasteiger partial charge in [-0.1, -0.05) is 44.2 Å².